The van der Waals surface area contributed by atoms with Crippen LogP contribution in [0.25, 0.3) is 0 Å². The standard InChI is InChI=1S/C13H7Br2F3/c14-11-5-7(1-2-12(11)18)13(15)8-3-9(16)6-10(17)4-8/h1-6,13H. The largest absolute Gasteiger partial charge is 0.207 e. The molecule has 1 atom stereocenters. The molecule has 0 nitrogen and oxygen atoms in total. The molecule has 2 aromatic rings. The van der Waals surface area contributed by atoms with E-state index in [-0.39, 0.29) is 5.82 Å². The van der Waals surface area contributed by atoms with Crippen molar-refractivity contribution < 1.29 is 13.2 Å². The Morgan fingerprint density at radius 3 is 2.00 bits per heavy atom. The van der Waals surface area contributed by atoms with Gasteiger partial charge in [-0.2, -0.15) is 0 Å². The average Bonchev–Trinajstić information content (AvgIpc) is 2.30. The van der Waals surface area contributed by atoms with Crippen LogP contribution in [0.2, 0.25) is 0 Å². The van der Waals surface area contributed by atoms with Gasteiger partial charge in [0, 0.05) is 6.07 Å². The van der Waals surface area contributed by atoms with Gasteiger partial charge in [0.05, 0.1) is 9.30 Å². The van der Waals surface area contributed by atoms with Crippen molar-refractivity contribution in [3.63, 3.8) is 0 Å². The van der Waals surface area contributed by atoms with Gasteiger partial charge in [0.1, 0.15) is 17.5 Å². The monoisotopic (exact) mass is 378 g/mol. The van der Waals surface area contributed by atoms with E-state index in [1.165, 1.54) is 18.2 Å². The van der Waals surface area contributed by atoms with Crippen LogP contribution in [0, 0.1) is 17.5 Å². The predicted molar refractivity (Wildman–Crippen MR) is 71.2 cm³/mol. The Morgan fingerprint density at radius 1 is 0.833 bits per heavy atom. The molecule has 0 aliphatic rings. The van der Waals surface area contributed by atoms with E-state index in [4.69, 9.17) is 0 Å². The summed E-state index contributed by atoms with van der Waals surface area (Å²) in [4.78, 5) is -0.403. The van der Waals surface area contributed by atoms with E-state index in [0.29, 0.717) is 15.6 Å². The lowest BCUT2D eigenvalue weighted by Gasteiger charge is -2.11. The summed E-state index contributed by atoms with van der Waals surface area (Å²) in [7, 11) is 0. The Balaban J connectivity index is 2.40. The second kappa shape index (κ2) is 5.45. The molecule has 0 fully saturated rings. The zero-order valence-corrected chi connectivity index (χ0v) is 12.1. The maximum atomic E-state index is 13.1. The first kappa shape index (κ1) is 13.6. The van der Waals surface area contributed by atoms with Crippen LogP contribution in [0.1, 0.15) is 16.0 Å². The summed E-state index contributed by atoms with van der Waals surface area (Å²) in [5, 5.41) is 0. The first-order valence-electron chi connectivity index (χ1n) is 5.02. The van der Waals surface area contributed by atoms with Crippen LogP contribution < -0.4 is 0 Å². The van der Waals surface area contributed by atoms with E-state index in [2.05, 4.69) is 31.9 Å². The minimum Gasteiger partial charge on any atom is -0.207 e. The third-order valence-electron chi connectivity index (χ3n) is 2.41. The zero-order chi connectivity index (χ0) is 13.3. The van der Waals surface area contributed by atoms with E-state index >= 15 is 0 Å². The van der Waals surface area contributed by atoms with Gasteiger partial charge in [0.2, 0.25) is 0 Å². The first-order valence-corrected chi connectivity index (χ1v) is 6.73. The highest BCUT2D eigenvalue weighted by Crippen LogP contribution is 2.33. The van der Waals surface area contributed by atoms with Gasteiger partial charge in [-0.25, -0.2) is 13.2 Å². The summed E-state index contributed by atoms with van der Waals surface area (Å²) in [5.74, 6) is -1.67. The second-order valence-electron chi connectivity index (χ2n) is 3.74. The summed E-state index contributed by atoms with van der Waals surface area (Å²) in [6, 6.07) is 7.70. The molecule has 0 spiro atoms. The van der Waals surface area contributed by atoms with Crippen LogP contribution >= 0.6 is 31.9 Å². The Morgan fingerprint density at radius 2 is 1.44 bits per heavy atom. The summed E-state index contributed by atoms with van der Waals surface area (Å²) in [5.41, 5.74) is 1.14. The lowest BCUT2D eigenvalue weighted by atomic mass is 10.0. The Bertz CT molecular complexity index is 564. The molecule has 94 valence electrons. The molecule has 0 N–H and O–H groups in total. The molecular weight excluding hydrogens is 373 g/mol. The third-order valence-corrected chi connectivity index (χ3v) is 4.08. The Labute approximate surface area is 119 Å². The second-order valence-corrected chi connectivity index (χ2v) is 5.51. The fourth-order valence-corrected chi connectivity index (χ4v) is 2.53. The fraction of sp³-hybridized carbons (Fsp3) is 0.0769. The Hall–Kier alpha value is -0.810. The highest BCUT2D eigenvalue weighted by Gasteiger charge is 2.14. The molecular formula is C13H7Br2F3. The minimum absolute atomic E-state index is 0.307. The minimum atomic E-state index is -0.643. The van der Waals surface area contributed by atoms with Gasteiger partial charge in [-0.15, -0.1) is 0 Å². The topological polar surface area (TPSA) is 0 Å². The molecule has 1 unspecified atom stereocenters. The van der Waals surface area contributed by atoms with Crippen molar-refractivity contribution in [2.24, 2.45) is 0 Å². The van der Waals surface area contributed by atoms with Crippen molar-refractivity contribution in [1.29, 1.82) is 0 Å². The van der Waals surface area contributed by atoms with Crippen LogP contribution in [-0.2, 0) is 0 Å². The lowest BCUT2D eigenvalue weighted by molar-refractivity contribution is 0.580. The molecule has 0 saturated carbocycles. The molecule has 0 radical (unpaired) electrons. The SMILES string of the molecule is Fc1cc(F)cc(C(Br)c2ccc(F)c(Br)c2)c1. The predicted octanol–water partition coefficient (Wildman–Crippen LogP) is 5.35. The van der Waals surface area contributed by atoms with Crippen molar-refractivity contribution >= 4 is 31.9 Å². The lowest BCUT2D eigenvalue weighted by Crippen LogP contribution is -1.96. The maximum Gasteiger partial charge on any atom is 0.137 e. The molecule has 2 rings (SSSR count). The maximum absolute atomic E-state index is 13.1. The van der Waals surface area contributed by atoms with Crippen molar-refractivity contribution in [1.82, 2.24) is 0 Å². The number of hydrogen-bond acceptors (Lipinski definition) is 0. The summed E-state index contributed by atoms with van der Waals surface area (Å²) >= 11 is 6.42. The highest BCUT2D eigenvalue weighted by atomic mass is 79.9. The summed E-state index contributed by atoms with van der Waals surface area (Å²) in [6.07, 6.45) is 0. The summed E-state index contributed by atoms with van der Waals surface area (Å²) in [6.45, 7) is 0. The molecule has 0 heterocycles. The average molecular weight is 380 g/mol. The number of halogens is 5. The molecule has 5 heteroatoms. The number of rotatable bonds is 2. The Kier molecular flexibility index (Phi) is 4.12. The number of hydrogen-bond donors (Lipinski definition) is 0. The van der Waals surface area contributed by atoms with E-state index in [0.717, 1.165) is 6.07 Å². The van der Waals surface area contributed by atoms with Gasteiger partial charge in [-0.3, -0.25) is 0 Å². The van der Waals surface area contributed by atoms with E-state index in [1.807, 2.05) is 0 Å². The van der Waals surface area contributed by atoms with Crippen LogP contribution in [0.4, 0.5) is 13.2 Å². The van der Waals surface area contributed by atoms with Crippen LogP contribution in [0.15, 0.2) is 40.9 Å². The first-order chi connectivity index (χ1) is 8.47. The van der Waals surface area contributed by atoms with Gasteiger partial charge in [-0.1, -0.05) is 22.0 Å². The molecule has 0 aliphatic heterocycles. The van der Waals surface area contributed by atoms with E-state index in [9.17, 15) is 13.2 Å². The van der Waals surface area contributed by atoms with E-state index in [1.54, 1.807) is 12.1 Å². The quantitative estimate of drug-likeness (QED) is 0.617. The van der Waals surface area contributed by atoms with Crippen molar-refractivity contribution in [3.05, 3.63) is 69.4 Å². The fourth-order valence-electron chi connectivity index (χ4n) is 1.58. The number of benzene rings is 2. The third kappa shape index (κ3) is 2.95. The van der Waals surface area contributed by atoms with Crippen LogP contribution in [0.3, 0.4) is 0 Å². The molecule has 0 amide bonds. The van der Waals surface area contributed by atoms with Gasteiger partial charge < -0.3 is 0 Å². The van der Waals surface area contributed by atoms with Crippen LogP contribution in [0.5, 0.6) is 0 Å². The molecule has 18 heavy (non-hydrogen) atoms. The van der Waals surface area contributed by atoms with Gasteiger partial charge in [-0.05, 0) is 51.3 Å². The van der Waals surface area contributed by atoms with Crippen molar-refractivity contribution in [2.45, 2.75) is 4.83 Å². The summed E-state index contributed by atoms with van der Waals surface area (Å²) < 4.78 is 39.7. The van der Waals surface area contributed by atoms with Crippen molar-refractivity contribution in [3.8, 4) is 0 Å². The number of alkyl halides is 1. The van der Waals surface area contributed by atoms with Gasteiger partial charge in [0.25, 0.3) is 0 Å². The van der Waals surface area contributed by atoms with Crippen molar-refractivity contribution in [2.75, 3.05) is 0 Å². The highest BCUT2D eigenvalue weighted by molar-refractivity contribution is 9.10. The molecule has 0 aliphatic carbocycles. The molecule has 0 bridgehead atoms. The van der Waals surface area contributed by atoms with Crippen LogP contribution in [-0.4, -0.2) is 0 Å². The molecule has 0 saturated heterocycles. The normalized spacial score (nSPS) is 12.5. The zero-order valence-electron chi connectivity index (χ0n) is 8.93. The smallest absolute Gasteiger partial charge is 0.137 e. The molecule has 0 aromatic heterocycles. The molecule has 2 aromatic carbocycles. The van der Waals surface area contributed by atoms with E-state index < -0.39 is 16.5 Å². The van der Waals surface area contributed by atoms with Gasteiger partial charge in [0.15, 0.2) is 0 Å². The van der Waals surface area contributed by atoms with Gasteiger partial charge >= 0.3 is 0 Å².